The van der Waals surface area contributed by atoms with Gasteiger partial charge in [0.2, 0.25) is 0 Å². The second-order valence-corrected chi connectivity index (χ2v) is 6.79. The summed E-state index contributed by atoms with van der Waals surface area (Å²) in [5.41, 5.74) is 5.55. The molecule has 5 nitrogen and oxygen atoms in total. The normalized spacial score (nSPS) is 11.0. The highest BCUT2D eigenvalue weighted by molar-refractivity contribution is 5.60. The predicted molar refractivity (Wildman–Crippen MR) is 110 cm³/mol. The van der Waals surface area contributed by atoms with Crippen LogP contribution in [0.25, 0.3) is 11.3 Å². The van der Waals surface area contributed by atoms with Crippen LogP contribution in [0.1, 0.15) is 16.8 Å². The van der Waals surface area contributed by atoms with Gasteiger partial charge in [0, 0.05) is 37.6 Å². The lowest BCUT2D eigenvalue weighted by molar-refractivity contribution is 0.257. The van der Waals surface area contributed by atoms with Crippen LogP contribution in [0, 0.1) is 0 Å². The molecule has 0 saturated heterocycles. The number of nitrogens with zero attached hydrogens (tertiary/aromatic N) is 4. The second-order valence-electron chi connectivity index (χ2n) is 6.79. The predicted octanol–water partition coefficient (Wildman–Crippen LogP) is 4.11. The molecule has 0 unspecified atom stereocenters. The smallest absolute Gasteiger partial charge is 0.117 e. The number of pyridine rings is 1. The van der Waals surface area contributed by atoms with Crippen molar-refractivity contribution in [2.24, 2.45) is 0 Å². The quantitative estimate of drug-likeness (QED) is 0.508. The highest BCUT2D eigenvalue weighted by Crippen LogP contribution is 2.21. The minimum absolute atomic E-state index is 0.732. The van der Waals surface area contributed by atoms with Crippen LogP contribution in [-0.2, 0) is 19.5 Å². The van der Waals surface area contributed by atoms with E-state index in [4.69, 9.17) is 0 Å². The van der Waals surface area contributed by atoms with Gasteiger partial charge in [-0.15, -0.1) is 0 Å². The first-order valence-corrected chi connectivity index (χ1v) is 9.49. The molecular weight excluding hydrogens is 346 g/mol. The Bertz CT molecular complexity index is 968. The number of aromatic amines is 1. The number of hydrogen-bond acceptors (Lipinski definition) is 4. The molecule has 0 amide bonds. The maximum Gasteiger partial charge on any atom is 0.117 e. The van der Waals surface area contributed by atoms with Crippen LogP contribution in [0.3, 0.4) is 0 Å². The molecule has 2 heterocycles. The largest absolute Gasteiger partial charge is 0.293 e. The minimum atomic E-state index is 0.732. The molecule has 28 heavy (non-hydrogen) atoms. The molecule has 0 saturated carbocycles. The van der Waals surface area contributed by atoms with E-state index < -0.39 is 0 Å². The zero-order valence-electron chi connectivity index (χ0n) is 15.7. The van der Waals surface area contributed by atoms with E-state index in [0.29, 0.717) is 0 Å². The standard InChI is InChI=1S/C23H23N5/c1-3-7-19(8-4-1)13-16-28(17-20-11-14-24-15-12-20)18-22-23(26-27-25-22)21-9-5-2-6-10-21/h1-12,14-15H,13,16-18H2,(H,25,26,27). The molecule has 4 aromatic rings. The lowest BCUT2D eigenvalue weighted by atomic mass is 10.1. The maximum atomic E-state index is 4.44. The van der Waals surface area contributed by atoms with Crippen molar-refractivity contribution in [3.05, 3.63) is 102 Å². The molecule has 2 aromatic carbocycles. The van der Waals surface area contributed by atoms with Gasteiger partial charge in [-0.1, -0.05) is 60.7 Å². The van der Waals surface area contributed by atoms with Gasteiger partial charge in [-0.3, -0.25) is 9.88 Å². The molecule has 0 fully saturated rings. The fourth-order valence-corrected chi connectivity index (χ4v) is 3.29. The summed E-state index contributed by atoms with van der Waals surface area (Å²) in [4.78, 5) is 6.54. The number of rotatable bonds is 8. The Labute approximate surface area is 165 Å². The molecule has 1 N–H and O–H groups in total. The van der Waals surface area contributed by atoms with Gasteiger partial charge < -0.3 is 0 Å². The molecule has 2 aromatic heterocycles. The molecule has 0 aliphatic heterocycles. The number of nitrogens with one attached hydrogen (secondary N) is 1. The Morgan fingerprint density at radius 3 is 2.18 bits per heavy atom. The van der Waals surface area contributed by atoms with Crippen molar-refractivity contribution >= 4 is 0 Å². The van der Waals surface area contributed by atoms with Crippen molar-refractivity contribution in [1.29, 1.82) is 0 Å². The van der Waals surface area contributed by atoms with Gasteiger partial charge in [-0.25, -0.2) is 0 Å². The Morgan fingerprint density at radius 2 is 1.43 bits per heavy atom. The van der Waals surface area contributed by atoms with Gasteiger partial charge in [-0.2, -0.15) is 15.4 Å². The van der Waals surface area contributed by atoms with Crippen molar-refractivity contribution in [2.45, 2.75) is 19.5 Å². The average Bonchev–Trinajstić information content (AvgIpc) is 3.22. The van der Waals surface area contributed by atoms with Crippen LogP contribution >= 0.6 is 0 Å². The fraction of sp³-hybridized carbons (Fsp3) is 0.174. The molecule has 0 atom stereocenters. The van der Waals surface area contributed by atoms with E-state index in [1.54, 1.807) is 0 Å². The Kier molecular flexibility index (Phi) is 5.85. The lowest BCUT2D eigenvalue weighted by Gasteiger charge is -2.22. The topological polar surface area (TPSA) is 57.7 Å². The van der Waals surface area contributed by atoms with Crippen LogP contribution in [0.15, 0.2) is 85.2 Å². The molecule has 0 bridgehead atoms. The van der Waals surface area contributed by atoms with Crippen molar-refractivity contribution in [2.75, 3.05) is 6.54 Å². The van der Waals surface area contributed by atoms with E-state index in [1.807, 2.05) is 30.6 Å². The summed E-state index contributed by atoms with van der Waals surface area (Å²) in [5, 5.41) is 11.6. The van der Waals surface area contributed by atoms with Gasteiger partial charge >= 0.3 is 0 Å². The number of benzene rings is 2. The van der Waals surface area contributed by atoms with Gasteiger partial charge in [0.25, 0.3) is 0 Å². The zero-order valence-corrected chi connectivity index (χ0v) is 15.7. The zero-order chi connectivity index (χ0) is 19.0. The van der Waals surface area contributed by atoms with E-state index in [-0.39, 0.29) is 0 Å². The Morgan fingerprint density at radius 1 is 0.714 bits per heavy atom. The third-order valence-corrected chi connectivity index (χ3v) is 4.76. The molecule has 4 rings (SSSR count). The van der Waals surface area contributed by atoms with Crippen molar-refractivity contribution in [1.82, 2.24) is 25.3 Å². The first kappa shape index (κ1) is 18.1. The first-order chi connectivity index (χ1) is 13.9. The van der Waals surface area contributed by atoms with E-state index >= 15 is 0 Å². The van der Waals surface area contributed by atoms with E-state index in [2.05, 4.69) is 79.9 Å². The van der Waals surface area contributed by atoms with Gasteiger partial charge in [0.15, 0.2) is 0 Å². The summed E-state index contributed by atoms with van der Waals surface area (Å²) < 4.78 is 0. The van der Waals surface area contributed by atoms with Gasteiger partial charge in [0.1, 0.15) is 11.4 Å². The van der Waals surface area contributed by atoms with Gasteiger partial charge in [-0.05, 0) is 29.7 Å². The monoisotopic (exact) mass is 369 g/mol. The molecule has 0 radical (unpaired) electrons. The Balaban J connectivity index is 1.53. The van der Waals surface area contributed by atoms with E-state index in [1.165, 1.54) is 11.1 Å². The van der Waals surface area contributed by atoms with Crippen LogP contribution in [-0.4, -0.2) is 31.8 Å². The highest BCUT2D eigenvalue weighted by Gasteiger charge is 2.15. The molecule has 0 aliphatic carbocycles. The van der Waals surface area contributed by atoms with Gasteiger partial charge in [0.05, 0.1) is 0 Å². The maximum absolute atomic E-state index is 4.44. The SMILES string of the molecule is c1ccc(CCN(Cc2ccncc2)Cc2n[nH]nc2-c2ccccc2)cc1. The first-order valence-electron chi connectivity index (χ1n) is 9.49. The van der Waals surface area contributed by atoms with Crippen LogP contribution in [0.4, 0.5) is 0 Å². The van der Waals surface area contributed by atoms with Crippen molar-refractivity contribution in [3.8, 4) is 11.3 Å². The summed E-state index contributed by atoms with van der Waals surface area (Å²) >= 11 is 0. The molecule has 0 aliphatic rings. The number of H-pyrrole nitrogens is 1. The van der Waals surface area contributed by atoms with Crippen molar-refractivity contribution < 1.29 is 0 Å². The third-order valence-electron chi connectivity index (χ3n) is 4.76. The molecule has 140 valence electrons. The Hall–Kier alpha value is -3.31. The second kappa shape index (κ2) is 9.06. The molecular formula is C23H23N5. The van der Waals surface area contributed by atoms with E-state index in [9.17, 15) is 0 Å². The van der Waals surface area contributed by atoms with Crippen molar-refractivity contribution in [3.63, 3.8) is 0 Å². The third kappa shape index (κ3) is 4.69. The summed E-state index contributed by atoms with van der Waals surface area (Å²) in [6, 6.07) is 24.9. The average molecular weight is 369 g/mol. The van der Waals surface area contributed by atoms with Crippen LogP contribution in [0.2, 0.25) is 0 Å². The number of aromatic nitrogens is 4. The summed E-state index contributed by atoms with van der Waals surface area (Å²) in [5.74, 6) is 0. The summed E-state index contributed by atoms with van der Waals surface area (Å²) in [7, 11) is 0. The summed E-state index contributed by atoms with van der Waals surface area (Å²) in [6.07, 6.45) is 4.68. The van der Waals surface area contributed by atoms with E-state index in [0.717, 1.165) is 43.0 Å². The van der Waals surface area contributed by atoms with Crippen LogP contribution in [0.5, 0.6) is 0 Å². The highest BCUT2D eigenvalue weighted by atomic mass is 15.3. The lowest BCUT2D eigenvalue weighted by Crippen LogP contribution is -2.26. The fourth-order valence-electron chi connectivity index (χ4n) is 3.29. The number of hydrogen-bond donors (Lipinski definition) is 1. The summed E-state index contributed by atoms with van der Waals surface area (Å²) in [6.45, 7) is 2.51. The van der Waals surface area contributed by atoms with Crippen LogP contribution < -0.4 is 0 Å². The minimum Gasteiger partial charge on any atom is -0.293 e. The molecule has 0 spiro atoms. The molecule has 5 heteroatoms.